The molecule has 1 heterocycles. The summed E-state index contributed by atoms with van der Waals surface area (Å²) in [5.41, 5.74) is 2.87. The Morgan fingerprint density at radius 2 is 1.62 bits per heavy atom. The van der Waals surface area contributed by atoms with Crippen LogP contribution in [-0.4, -0.2) is 50.1 Å². The maximum absolute atomic E-state index is 12.6. The van der Waals surface area contributed by atoms with Gasteiger partial charge in [-0.3, -0.25) is 4.79 Å². The summed E-state index contributed by atoms with van der Waals surface area (Å²) < 4.78 is 7.51. The summed E-state index contributed by atoms with van der Waals surface area (Å²) in [6.07, 6.45) is 1.87. The van der Waals surface area contributed by atoms with Gasteiger partial charge in [0.2, 0.25) is 0 Å². The van der Waals surface area contributed by atoms with Gasteiger partial charge in [-0.25, -0.2) is 0 Å². The minimum atomic E-state index is -0.833. The molecular formula is C29H23N2NaO4S. The van der Waals surface area contributed by atoms with E-state index in [1.807, 2.05) is 66.7 Å². The van der Waals surface area contributed by atoms with E-state index in [9.17, 15) is 4.79 Å². The molecule has 37 heavy (non-hydrogen) atoms. The molecule has 0 spiro atoms. The van der Waals surface area contributed by atoms with Crippen LogP contribution in [0.15, 0.2) is 101 Å². The molecule has 0 unspecified atom stereocenters. The van der Waals surface area contributed by atoms with E-state index in [0.29, 0.717) is 16.7 Å². The molecule has 5 rings (SSSR count). The Labute approximate surface area is 236 Å². The maximum atomic E-state index is 12.6. The van der Waals surface area contributed by atoms with E-state index in [-0.39, 0.29) is 5.91 Å². The number of hydrogen-bond donors (Lipinski definition) is 2. The van der Waals surface area contributed by atoms with Crippen molar-refractivity contribution in [2.45, 2.75) is 13.5 Å². The van der Waals surface area contributed by atoms with Crippen molar-refractivity contribution in [3.63, 3.8) is 0 Å². The molecule has 4 aromatic rings. The molecule has 6 nitrogen and oxygen atoms in total. The minimum absolute atomic E-state index is 0.246. The second-order valence-electron chi connectivity index (χ2n) is 8.35. The first-order valence-electron chi connectivity index (χ1n) is 11.6. The predicted octanol–water partition coefficient (Wildman–Crippen LogP) is 5.39. The Morgan fingerprint density at radius 3 is 2.30 bits per heavy atom. The van der Waals surface area contributed by atoms with E-state index >= 15 is 0 Å². The van der Waals surface area contributed by atoms with Crippen LogP contribution in [0.25, 0.3) is 16.8 Å². The van der Waals surface area contributed by atoms with Gasteiger partial charge in [0.15, 0.2) is 0 Å². The van der Waals surface area contributed by atoms with Crippen molar-refractivity contribution in [3.8, 4) is 5.75 Å². The van der Waals surface area contributed by atoms with Crippen LogP contribution in [0, 0.1) is 0 Å². The molecule has 1 aliphatic heterocycles. The molecule has 0 saturated heterocycles. The van der Waals surface area contributed by atoms with E-state index in [4.69, 9.17) is 14.6 Å². The molecule has 8 heteroatoms. The number of aliphatic imine (C=N–C) groups is 1. The second-order valence-corrected chi connectivity index (χ2v) is 10.5. The van der Waals surface area contributed by atoms with Gasteiger partial charge in [0.1, 0.15) is 6.61 Å². The van der Waals surface area contributed by atoms with Crippen LogP contribution in [0.5, 0.6) is 5.75 Å². The minimum Gasteiger partial charge on any atom is -0.0622 e. The third-order valence-electron chi connectivity index (χ3n) is 5.33. The fraction of sp³-hybridized carbons (Fsp3) is 0.0690. The number of nitrogens with one attached hydrogen (secondary N) is 1. The fourth-order valence-electron chi connectivity index (χ4n) is 3.57. The first-order chi connectivity index (χ1) is 17.9. The standard InChI is InChI=1S/C27H19N2O2S.C2H4O2.Na/c30-26-25(32-27(29-26)28-23-13-5-2-6-14-23)17-22-15-20-11-7-8-12-21(20)16-24(22)31-18-19-9-3-1-4-10-19;1-2(3)4;/h1,3-17H,18H2,(H,28,29,30);1H3,(H,3,4);. The summed E-state index contributed by atoms with van der Waals surface area (Å²) >= 11 is 2.35. The fourth-order valence-corrected chi connectivity index (χ4v) is 4.73. The Hall–Kier alpha value is -3.36. The van der Waals surface area contributed by atoms with Gasteiger partial charge < -0.3 is 5.11 Å². The van der Waals surface area contributed by atoms with Crippen molar-refractivity contribution in [2.75, 3.05) is 5.32 Å². The average Bonchev–Trinajstić information content (AvgIpc) is 3.22. The summed E-state index contributed by atoms with van der Waals surface area (Å²) in [5.74, 6) is -0.341. The number of nitrogens with zero attached hydrogens (tertiary/aromatic N) is 1. The van der Waals surface area contributed by atoms with E-state index in [1.165, 1.54) is 14.6 Å². The SMILES string of the molecule is CC(=O)O.O=C1N=C(Nc2cc[c]([Na])cc2)SC1=Cc1cc2ccccc2cc1OCc1ccccc1. The summed E-state index contributed by atoms with van der Waals surface area (Å²) in [6.45, 7) is 1.54. The Morgan fingerprint density at radius 1 is 1.00 bits per heavy atom. The number of benzene rings is 4. The Bertz CT molecular complexity index is 1480. The molecule has 0 atom stereocenters. The van der Waals surface area contributed by atoms with Crippen molar-refractivity contribution in [2.24, 2.45) is 4.99 Å². The number of carbonyl (C=O) groups is 2. The predicted molar refractivity (Wildman–Crippen MR) is 151 cm³/mol. The number of rotatable bonds is 5. The van der Waals surface area contributed by atoms with Crippen LogP contribution in [0.2, 0.25) is 0 Å². The molecule has 0 aliphatic carbocycles. The first-order valence-corrected chi connectivity index (χ1v) is 13.4. The smallest absolute Gasteiger partial charge is 0.0622 e. The number of carbonyl (C=O) groups excluding carboxylic acids is 1. The molecule has 0 aromatic heterocycles. The van der Waals surface area contributed by atoms with Crippen LogP contribution < -0.4 is 12.9 Å². The van der Waals surface area contributed by atoms with E-state index in [2.05, 4.69) is 40.6 Å². The molecule has 2 N–H and O–H groups in total. The van der Waals surface area contributed by atoms with Crippen molar-refractivity contribution >= 4 is 82.1 Å². The summed E-state index contributed by atoms with van der Waals surface area (Å²) in [6, 6.07) is 30.5. The van der Waals surface area contributed by atoms with Gasteiger partial charge in [-0.1, -0.05) is 54.6 Å². The van der Waals surface area contributed by atoms with Gasteiger partial charge in [-0.05, 0) is 10.9 Å². The monoisotopic (exact) mass is 518 g/mol. The summed E-state index contributed by atoms with van der Waals surface area (Å²) in [4.78, 5) is 26.4. The van der Waals surface area contributed by atoms with Crippen LogP contribution in [-0.2, 0) is 16.2 Å². The number of thioether (sulfide) groups is 1. The number of amidine groups is 1. The number of fused-ring (bicyclic) bond motifs is 1. The summed E-state index contributed by atoms with van der Waals surface area (Å²) in [5, 5.41) is 13.4. The van der Waals surface area contributed by atoms with E-state index in [0.717, 1.165) is 68.2 Å². The number of hydrogen-bond acceptors (Lipinski definition) is 5. The molecule has 4 aromatic carbocycles. The van der Waals surface area contributed by atoms with Crippen LogP contribution >= 0.6 is 11.8 Å². The van der Waals surface area contributed by atoms with Gasteiger partial charge in [0.25, 0.3) is 5.97 Å². The first kappa shape index (κ1) is 26.7. The number of ether oxygens (including phenoxy) is 1. The molecule has 0 bridgehead atoms. The number of carboxylic acid groups (broad SMARTS) is 1. The number of amides is 1. The number of carboxylic acids is 1. The van der Waals surface area contributed by atoms with Crippen molar-refractivity contribution < 1.29 is 19.4 Å². The molecule has 1 aliphatic rings. The van der Waals surface area contributed by atoms with Gasteiger partial charge in [0.05, 0.1) is 0 Å². The zero-order valence-corrected chi connectivity index (χ0v) is 23.3. The zero-order chi connectivity index (χ0) is 26.2. The topological polar surface area (TPSA) is 88.0 Å². The molecule has 0 saturated carbocycles. The van der Waals surface area contributed by atoms with Crippen LogP contribution in [0.3, 0.4) is 0 Å². The normalized spacial score (nSPS) is 13.6. The molecule has 0 radical (unpaired) electrons. The molecular weight excluding hydrogens is 495 g/mol. The quantitative estimate of drug-likeness (QED) is 0.272. The van der Waals surface area contributed by atoms with Gasteiger partial charge >= 0.3 is 143 Å². The van der Waals surface area contributed by atoms with Gasteiger partial charge in [-0.2, -0.15) is 0 Å². The van der Waals surface area contributed by atoms with Gasteiger partial charge in [-0.15, -0.1) is 0 Å². The molecule has 0 fully saturated rings. The van der Waals surface area contributed by atoms with Crippen LogP contribution in [0.4, 0.5) is 5.69 Å². The number of anilines is 1. The Kier molecular flexibility index (Phi) is 9.19. The van der Waals surface area contributed by atoms with Crippen LogP contribution in [0.1, 0.15) is 18.1 Å². The van der Waals surface area contributed by atoms with E-state index < -0.39 is 5.97 Å². The molecule has 180 valence electrons. The average molecular weight is 519 g/mol. The van der Waals surface area contributed by atoms with Crippen molar-refractivity contribution in [3.05, 3.63) is 107 Å². The van der Waals surface area contributed by atoms with Crippen molar-refractivity contribution in [1.82, 2.24) is 0 Å². The summed E-state index contributed by atoms with van der Waals surface area (Å²) in [7, 11) is 0. The third-order valence-corrected chi connectivity index (χ3v) is 6.89. The zero-order valence-electron chi connectivity index (χ0n) is 20.5. The van der Waals surface area contributed by atoms with Crippen molar-refractivity contribution in [1.29, 1.82) is 0 Å². The molecule has 1 amide bonds. The third kappa shape index (κ3) is 7.81. The van der Waals surface area contributed by atoms with E-state index in [1.54, 1.807) is 0 Å². The Balaban J connectivity index is 0.000000747. The van der Waals surface area contributed by atoms with Gasteiger partial charge in [0, 0.05) is 6.92 Å². The number of aliphatic carboxylic acids is 1. The second kappa shape index (κ2) is 12.7.